The summed E-state index contributed by atoms with van der Waals surface area (Å²) in [5, 5.41) is 5.01. The van der Waals surface area contributed by atoms with E-state index in [1.165, 1.54) is 37.0 Å². The Kier molecular flexibility index (Phi) is 7.47. The summed E-state index contributed by atoms with van der Waals surface area (Å²) in [6.07, 6.45) is -3.15. The molecule has 0 fully saturated rings. The van der Waals surface area contributed by atoms with Crippen molar-refractivity contribution in [2.24, 2.45) is 0 Å². The minimum absolute atomic E-state index is 0.0106. The number of benzene rings is 2. The smallest absolute Gasteiger partial charge is 0.297 e. The maximum absolute atomic E-state index is 12.9. The number of ketones is 2. The number of hydrogen-bond acceptors (Lipinski definition) is 6. The quantitative estimate of drug-likeness (QED) is 0.296. The topological polar surface area (TPSA) is 102 Å². The van der Waals surface area contributed by atoms with Crippen LogP contribution in [0.4, 0.5) is 13.2 Å². The number of rotatable bonds is 9. The molecule has 0 N–H and O–H groups in total. The van der Waals surface area contributed by atoms with E-state index >= 15 is 0 Å². The summed E-state index contributed by atoms with van der Waals surface area (Å²) in [5.74, 6) is -0.750. The SMILES string of the molecule is CN(C)S(=O)(=O)c1cccc(CC(=O)Cn2cc3cc(CC(=O)c4cccc(C(F)(F)F)n4)ccc3n2)c1. The zero-order valence-electron chi connectivity index (χ0n) is 20.4. The van der Waals surface area contributed by atoms with Crippen LogP contribution in [0.3, 0.4) is 0 Å². The van der Waals surface area contributed by atoms with Crippen molar-refractivity contribution in [2.75, 3.05) is 14.1 Å². The Labute approximate surface area is 216 Å². The second-order valence-corrected chi connectivity index (χ2v) is 11.0. The van der Waals surface area contributed by atoms with Crippen LogP contribution in [0.2, 0.25) is 0 Å². The number of aromatic nitrogens is 3. The lowest BCUT2D eigenvalue weighted by molar-refractivity contribution is -0.141. The zero-order chi connectivity index (χ0) is 27.7. The highest BCUT2D eigenvalue weighted by molar-refractivity contribution is 7.89. The van der Waals surface area contributed by atoms with Crippen LogP contribution in [-0.2, 0) is 40.4 Å². The molecule has 0 aliphatic carbocycles. The lowest BCUT2D eigenvalue weighted by Gasteiger charge is -2.12. The summed E-state index contributed by atoms with van der Waals surface area (Å²) < 4.78 is 66.0. The number of hydrogen-bond donors (Lipinski definition) is 0. The number of nitrogens with zero attached hydrogens (tertiary/aromatic N) is 4. The maximum Gasteiger partial charge on any atom is 0.433 e. The number of Topliss-reactive ketones (excluding diaryl/α,β-unsaturated/α-hetero) is 2. The van der Waals surface area contributed by atoms with Crippen molar-refractivity contribution in [1.82, 2.24) is 19.1 Å². The van der Waals surface area contributed by atoms with Gasteiger partial charge < -0.3 is 0 Å². The predicted molar refractivity (Wildman–Crippen MR) is 133 cm³/mol. The summed E-state index contributed by atoms with van der Waals surface area (Å²) in [6.45, 7) is -0.0538. The van der Waals surface area contributed by atoms with Crippen molar-refractivity contribution in [3.05, 3.63) is 89.4 Å². The van der Waals surface area contributed by atoms with Gasteiger partial charge in [-0.1, -0.05) is 24.3 Å². The fourth-order valence-electron chi connectivity index (χ4n) is 3.83. The van der Waals surface area contributed by atoms with Gasteiger partial charge in [0.1, 0.15) is 11.4 Å². The Morgan fingerprint density at radius 1 is 0.947 bits per heavy atom. The van der Waals surface area contributed by atoms with Crippen molar-refractivity contribution in [3.8, 4) is 0 Å². The van der Waals surface area contributed by atoms with Gasteiger partial charge in [0.15, 0.2) is 11.6 Å². The third-order valence-corrected chi connectivity index (χ3v) is 7.53. The van der Waals surface area contributed by atoms with E-state index in [-0.39, 0.29) is 35.8 Å². The number of alkyl halides is 3. The first-order chi connectivity index (χ1) is 17.8. The Morgan fingerprint density at radius 2 is 1.66 bits per heavy atom. The normalized spacial score (nSPS) is 12.3. The fraction of sp³-hybridized carbons (Fsp3) is 0.231. The van der Waals surface area contributed by atoms with Gasteiger partial charge in [-0.25, -0.2) is 17.7 Å². The summed E-state index contributed by atoms with van der Waals surface area (Å²) in [7, 11) is -0.765. The second kappa shape index (κ2) is 10.5. The van der Waals surface area contributed by atoms with Crippen LogP contribution >= 0.6 is 0 Å². The predicted octanol–water partition coefficient (Wildman–Crippen LogP) is 3.94. The first kappa shape index (κ1) is 27.1. The molecular weight excluding hydrogens is 521 g/mol. The molecule has 2 aromatic carbocycles. The summed E-state index contributed by atoms with van der Waals surface area (Å²) in [6, 6.07) is 14.4. The zero-order valence-corrected chi connectivity index (χ0v) is 21.3. The van der Waals surface area contributed by atoms with E-state index in [4.69, 9.17) is 0 Å². The summed E-state index contributed by atoms with van der Waals surface area (Å²) in [5.41, 5.74) is 0.287. The lowest BCUT2D eigenvalue weighted by atomic mass is 10.0. The minimum atomic E-state index is -4.64. The number of carbonyl (C=O) groups is 2. The van der Waals surface area contributed by atoms with Gasteiger partial charge in [-0.2, -0.15) is 18.3 Å². The van der Waals surface area contributed by atoms with E-state index in [2.05, 4.69) is 10.1 Å². The molecule has 0 aliphatic rings. The molecule has 38 heavy (non-hydrogen) atoms. The number of sulfonamides is 1. The molecule has 2 heterocycles. The Hall–Kier alpha value is -3.90. The molecule has 0 saturated heterocycles. The molecule has 0 amide bonds. The van der Waals surface area contributed by atoms with E-state index in [0.29, 0.717) is 22.0 Å². The first-order valence-electron chi connectivity index (χ1n) is 11.4. The van der Waals surface area contributed by atoms with E-state index in [1.54, 1.807) is 36.5 Å². The van der Waals surface area contributed by atoms with Gasteiger partial charge in [-0.05, 0) is 47.5 Å². The minimum Gasteiger partial charge on any atom is -0.297 e. The van der Waals surface area contributed by atoms with E-state index < -0.39 is 27.7 Å². The molecule has 8 nitrogen and oxygen atoms in total. The molecule has 0 radical (unpaired) electrons. The third kappa shape index (κ3) is 6.14. The van der Waals surface area contributed by atoms with Crippen LogP contribution in [0.5, 0.6) is 0 Å². The van der Waals surface area contributed by atoms with Crippen LogP contribution in [0.25, 0.3) is 10.9 Å². The average molecular weight is 545 g/mol. The molecule has 0 saturated carbocycles. The molecule has 4 aromatic rings. The standard InChI is InChI=1S/C26H23F3N4O4S/c1-32(2)38(36,37)21-6-3-5-17(13-21)12-20(34)16-33-15-19-11-18(9-10-22(19)31-33)14-24(35)23-7-4-8-25(30-23)26(27,28)29/h3-11,13,15H,12,14,16H2,1-2H3. The van der Waals surface area contributed by atoms with Crippen LogP contribution in [0.1, 0.15) is 27.3 Å². The van der Waals surface area contributed by atoms with Gasteiger partial charge in [0.2, 0.25) is 10.0 Å². The number of fused-ring (bicyclic) bond motifs is 1. The Balaban J connectivity index is 1.45. The van der Waals surface area contributed by atoms with Crippen molar-refractivity contribution in [2.45, 2.75) is 30.5 Å². The summed E-state index contributed by atoms with van der Waals surface area (Å²) in [4.78, 5) is 28.7. The van der Waals surface area contributed by atoms with Crippen LogP contribution in [-0.4, -0.2) is 53.1 Å². The van der Waals surface area contributed by atoms with Gasteiger partial charge >= 0.3 is 6.18 Å². The van der Waals surface area contributed by atoms with Gasteiger partial charge in [0, 0.05) is 38.5 Å². The van der Waals surface area contributed by atoms with Crippen molar-refractivity contribution in [3.63, 3.8) is 0 Å². The van der Waals surface area contributed by atoms with E-state index in [9.17, 15) is 31.2 Å². The number of pyridine rings is 1. The lowest BCUT2D eigenvalue weighted by Crippen LogP contribution is -2.22. The third-order valence-electron chi connectivity index (χ3n) is 5.72. The number of halogens is 3. The molecule has 0 aliphatic heterocycles. The second-order valence-electron chi connectivity index (χ2n) is 8.88. The van der Waals surface area contributed by atoms with E-state index in [1.807, 2.05) is 0 Å². The Bertz CT molecular complexity index is 1630. The van der Waals surface area contributed by atoms with Crippen LogP contribution in [0.15, 0.2) is 71.8 Å². The van der Waals surface area contributed by atoms with Gasteiger partial charge in [-0.3, -0.25) is 14.3 Å². The van der Waals surface area contributed by atoms with Gasteiger partial charge in [-0.15, -0.1) is 0 Å². The maximum atomic E-state index is 12.9. The average Bonchev–Trinajstić information content (AvgIpc) is 3.24. The highest BCUT2D eigenvalue weighted by atomic mass is 32.2. The molecule has 4 rings (SSSR count). The summed E-state index contributed by atoms with van der Waals surface area (Å²) >= 11 is 0. The van der Waals surface area contributed by atoms with Gasteiger partial charge in [0.25, 0.3) is 0 Å². The highest BCUT2D eigenvalue weighted by Crippen LogP contribution is 2.27. The molecular formula is C26H23F3N4O4S. The van der Waals surface area contributed by atoms with Gasteiger partial charge in [0.05, 0.1) is 17.0 Å². The molecule has 2 aromatic heterocycles. The molecule has 0 atom stereocenters. The molecule has 0 bridgehead atoms. The largest absolute Gasteiger partial charge is 0.433 e. The van der Waals surface area contributed by atoms with E-state index in [0.717, 1.165) is 16.4 Å². The Morgan fingerprint density at radius 3 is 2.37 bits per heavy atom. The monoisotopic (exact) mass is 544 g/mol. The molecule has 0 spiro atoms. The molecule has 198 valence electrons. The van der Waals surface area contributed by atoms with Crippen LogP contribution < -0.4 is 0 Å². The molecule has 12 heteroatoms. The van der Waals surface area contributed by atoms with Crippen molar-refractivity contribution < 1.29 is 31.2 Å². The highest BCUT2D eigenvalue weighted by Gasteiger charge is 2.32. The fourth-order valence-corrected chi connectivity index (χ4v) is 4.80. The van der Waals surface area contributed by atoms with Crippen LogP contribution in [0, 0.1) is 0 Å². The first-order valence-corrected chi connectivity index (χ1v) is 12.8. The molecule has 0 unspecified atom stereocenters. The number of carbonyl (C=O) groups excluding carboxylic acids is 2. The van der Waals surface area contributed by atoms with Crippen molar-refractivity contribution in [1.29, 1.82) is 0 Å². The van der Waals surface area contributed by atoms with Crippen molar-refractivity contribution >= 4 is 32.5 Å².